The summed E-state index contributed by atoms with van der Waals surface area (Å²) in [5.41, 5.74) is 2.22. The van der Waals surface area contributed by atoms with Gasteiger partial charge in [0.2, 0.25) is 5.91 Å². The zero-order valence-electron chi connectivity index (χ0n) is 20.1. The van der Waals surface area contributed by atoms with Crippen LogP contribution in [0.2, 0.25) is 0 Å². The lowest BCUT2D eigenvalue weighted by atomic mass is 10.1. The van der Waals surface area contributed by atoms with Gasteiger partial charge in [-0.05, 0) is 60.9 Å². The molecule has 0 bridgehead atoms. The summed E-state index contributed by atoms with van der Waals surface area (Å²) in [5.74, 6) is -0.446. The van der Waals surface area contributed by atoms with Crippen LogP contribution in [0.1, 0.15) is 31.0 Å². The molecule has 1 atom stereocenters. The molecule has 7 nitrogen and oxygen atoms in total. The van der Waals surface area contributed by atoms with Gasteiger partial charge in [0.15, 0.2) is 11.5 Å². The number of nitrogens with zero attached hydrogens (tertiary/aromatic N) is 1. The molecule has 35 heavy (non-hydrogen) atoms. The molecule has 0 heterocycles. The quantitative estimate of drug-likeness (QED) is 0.444. The zero-order chi connectivity index (χ0) is 25.6. The molecule has 1 unspecified atom stereocenters. The molecule has 0 fully saturated rings. The highest BCUT2D eigenvalue weighted by molar-refractivity contribution is 7.92. The summed E-state index contributed by atoms with van der Waals surface area (Å²) in [6, 6.07) is 16.6. The number of nitrogens with one attached hydrogen (secondary N) is 1. The van der Waals surface area contributed by atoms with Crippen LogP contribution in [0.4, 0.5) is 10.1 Å². The molecule has 0 saturated carbocycles. The van der Waals surface area contributed by atoms with Crippen LogP contribution in [0.5, 0.6) is 11.5 Å². The number of methoxy groups -OCH3 is 2. The molecule has 1 N–H and O–H groups in total. The smallest absolute Gasteiger partial charge is 0.264 e. The fraction of sp³-hybridized carbons (Fsp3) is 0.269. The minimum Gasteiger partial charge on any atom is -0.493 e. The van der Waals surface area contributed by atoms with Gasteiger partial charge in [-0.1, -0.05) is 31.2 Å². The van der Waals surface area contributed by atoms with Crippen molar-refractivity contribution in [2.45, 2.75) is 31.2 Å². The van der Waals surface area contributed by atoms with Crippen LogP contribution in [0.3, 0.4) is 0 Å². The lowest BCUT2D eigenvalue weighted by Crippen LogP contribution is -2.41. The van der Waals surface area contributed by atoms with Crippen molar-refractivity contribution >= 4 is 21.6 Å². The Balaban J connectivity index is 1.91. The van der Waals surface area contributed by atoms with Crippen LogP contribution in [-0.2, 0) is 21.2 Å². The van der Waals surface area contributed by atoms with E-state index in [-0.39, 0.29) is 22.4 Å². The molecule has 1 amide bonds. The van der Waals surface area contributed by atoms with E-state index in [4.69, 9.17) is 9.47 Å². The number of ether oxygens (including phenoxy) is 2. The maximum atomic E-state index is 13.6. The van der Waals surface area contributed by atoms with Crippen LogP contribution in [0, 0.1) is 5.82 Å². The summed E-state index contributed by atoms with van der Waals surface area (Å²) in [6.45, 7) is 3.38. The molecule has 0 saturated heterocycles. The van der Waals surface area contributed by atoms with E-state index in [0.717, 1.165) is 28.4 Å². The van der Waals surface area contributed by atoms with Crippen LogP contribution in [0.15, 0.2) is 71.6 Å². The van der Waals surface area contributed by atoms with Crippen molar-refractivity contribution in [3.05, 3.63) is 83.7 Å². The average Bonchev–Trinajstić information content (AvgIpc) is 2.87. The average molecular weight is 501 g/mol. The third-order valence-electron chi connectivity index (χ3n) is 5.61. The topological polar surface area (TPSA) is 84.9 Å². The minimum absolute atomic E-state index is 0.101. The molecule has 0 aromatic heterocycles. The number of aryl methyl sites for hydroxylation is 1. The summed E-state index contributed by atoms with van der Waals surface area (Å²) in [7, 11) is -1.38. The van der Waals surface area contributed by atoms with Crippen molar-refractivity contribution in [3.8, 4) is 11.5 Å². The number of hydrogen-bond acceptors (Lipinski definition) is 5. The van der Waals surface area contributed by atoms with Crippen molar-refractivity contribution in [3.63, 3.8) is 0 Å². The molecular formula is C26H29FN2O5S. The first-order valence-corrected chi connectivity index (χ1v) is 12.5. The van der Waals surface area contributed by atoms with Crippen molar-refractivity contribution < 1.29 is 27.1 Å². The number of halogens is 1. The molecule has 186 valence electrons. The zero-order valence-corrected chi connectivity index (χ0v) is 20.9. The first-order valence-electron chi connectivity index (χ1n) is 11.1. The Morgan fingerprint density at radius 2 is 1.60 bits per heavy atom. The summed E-state index contributed by atoms with van der Waals surface area (Å²) in [6.07, 6.45) is 0.904. The monoisotopic (exact) mass is 500 g/mol. The highest BCUT2D eigenvalue weighted by Gasteiger charge is 2.29. The van der Waals surface area contributed by atoms with Gasteiger partial charge in [0, 0.05) is 6.07 Å². The first kappa shape index (κ1) is 26.0. The number of rotatable bonds is 10. The van der Waals surface area contributed by atoms with E-state index in [1.807, 2.05) is 31.2 Å². The SMILES string of the molecule is CCc1ccc(C(C)NC(=O)CN(c2ccc(F)cc2)S(=O)(=O)c2ccc(OC)c(OC)c2)cc1. The van der Waals surface area contributed by atoms with Crippen molar-refractivity contribution in [2.75, 3.05) is 25.1 Å². The van der Waals surface area contributed by atoms with Crippen LogP contribution in [0.25, 0.3) is 0 Å². The number of carbonyl (C=O) groups excluding carboxylic acids is 1. The van der Waals surface area contributed by atoms with Crippen LogP contribution >= 0.6 is 0 Å². The molecule has 0 aliphatic carbocycles. The van der Waals surface area contributed by atoms with Gasteiger partial charge in [-0.2, -0.15) is 0 Å². The molecule has 0 aliphatic heterocycles. The largest absolute Gasteiger partial charge is 0.493 e. The van der Waals surface area contributed by atoms with Crippen molar-refractivity contribution in [1.29, 1.82) is 0 Å². The Bertz CT molecular complexity index is 1260. The normalized spacial score (nSPS) is 12.0. The van der Waals surface area contributed by atoms with Crippen LogP contribution < -0.4 is 19.1 Å². The molecule has 3 aromatic carbocycles. The Morgan fingerprint density at radius 3 is 2.17 bits per heavy atom. The minimum atomic E-state index is -4.21. The second-order valence-corrected chi connectivity index (χ2v) is 9.75. The molecule has 3 rings (SSSR count). The molecule has 0 aliphatic rings. The number of benzene rings is 3. The molecule has 9 heteroatoms. The van der Waals surface area contributed by atoms with E-state index < -0.39 is 28.3 Å². The first-order chi connectivity index (χ1) is 16.7. The predicted molar refractivity (Wildman–Crippen MR) is 133 cm³/mol. The van der Waals surface area contributed by atoms with Gasteiger partial charge < -0.3 is 14.8 Å². The Labute approximate surface area is 205 Å². The molecule has 0 radical (unpaired) electrons. The summed E-state index contributed by atoms with van der Waals surface area (Å²) >= 11 is 0. The third kappa shape index (κ3) is 6.10. The van der Waals surface area contributed by atoms with Gasteiger partial charge in [-0.25, -0.2) is 12.8 Å². The van der Waals surface area contributed by atoms with Gasteiger partial charge in [0.25, 0.3) is 10.0 Å². The summed E-state index contributed by atoms with van der Waals surface area (Å²) in [5, 5.41) is 2.85. The standard InChI is InChI=1S/C26H29FN2O5S/c1-5-19-6-8-20(9-7-19)18(2)28-26(30)17-29(22-12-10-21(27)11-13-22)35(31,32)23-14-15-24(33-3)25(16-23)34-4/h6-16,18H,5,17H2,1-4H3,(H,28,30). The second kappa shape index (κ2) is 11.2. The van der Waals surface area contributed by atoms with Gasteiger partial charge in [0.05, 0.1) is 30.8 Å². The van der Waals surface area contributed by atoms with E-state index >= 15 is 0 Å². The molecular weight excluding hydrogens is 471 g/mol. The molecule has 3 aromatic rings. The fourth-order valence-corrected chi connectivity index (χ4v) is 5.01. The number of carbonyl (C=O) groups is 1. The number of sulfonamides is 1. The predicted octanol–water partition coefficient (Wildman–Crippen LogP) is 4.48. The second-order valence-electron chi connectivity index (χ2n) is 7.89. The highest BCUT2D eigenvalue weighted by atomic mass is 32.2. The number of anilines is 1. The lowest BCUT2D eigenvalue weighted by molar-refractivity contribution is -0.120. The van der Waals surface area contributed by atoms with Crippen LogP contribution in [-0.4, -0.2) is 35.1 Å². The Kier molecular flexibility index (Phi) is 8.34. The van der Waals surface area contributed by atoms with E-state index in [1.54, 1.807) is 0 Å². The maximum absolute atomic E-state index is 13.6. The summed E-state index contributed by atoms with van der Waals surface area (Å²) in [4.78, 5) is 12.9. The number of amides is 1. The Hall–Kier alpha value is -3.59. The maximum Gasteiger partial charge on any atom is 0.264 e. The fourth-order valence-electron chi connectivity index (χ4n) is 3.57. The summed E-state index contributed by atoms with van der Waals surface area (Å²) < 4.78 is 52.1. The van der Waals surface area contributed by atoms with E-state index in [0.29, 0.717) is 5.75 Å². The third-order valence-corrected chi connectivity index (χ3v) is 7.38. The van der Waals surface area contributed by atoms with E-state index in [1.165, 1.54) is 50.1 Å². The van der Waals surface area contributed by atoms with Gasteiger partial charge in [-0.3, -0.25) is 9.10 Å². The lowest BCUT2D eigenvalue weighted by Gasteiger charge is -2.25. The Morgan fingerprint density at radius 1 is 0.971 bits per heavy atom. The van der Waals surface area contributed by atoms with Gasteiger partial charge >= 0.3 is 0 Å². The van der Waals surface area contributed by atoms with Crippen molar-refractivity contribution in [2.24, 2.45) is 0 Å². The van der Waals surface area contributed by atoms with Crippen molar-refractivity contribution in [1.82, 2.24) is 5.32 Å². The van der Waals surface area contributed by atoms with E-state index in [2.05, 4.69) is 12.2 Å². The number of hydrogen-bond donors (Lipinski definition) is 1. The molecule has 0 spiro atoms. The van der Waals surface area contributed by atoms with E-state index in [9.17, 15) is 17.6 Å². The van der Waals surface area contributed by atoms with Gasteiger partial charge in [-0.15, -0.1) is 0 Å². The van der Waals surface area contributed by atoms with Gasteiger partial charge in [0.1, 0.15) is 12.4 Å². The highest BCUT2D eigenvalue weighted by Crippen LogP contribution is 2.32.